The fourth-order valence-electron chi connectivity index (χ4n) is 1.23. The minimum Gasteiger partial charge on any atom is -0.329 e. The number of nitrogens with zero attached hydrogens (tertiary/aromatic N) is 1. The van der Waals surface area contributed by atoms with E-state index in [2.05, 4.69) is 0 Å². The van der Waals surface area contributed by atoms with Gasteiger partial charge in [-0.2, -0.15) is 18.4 Å². The highest BCUT2D eigenvalue weighted by Gasteiger charge is 2.31. The average molecular weight is 229 g/mol. The average Bonchev–Trinajstić information content (AvgIpc) is 2.26. The molecule has 0 saturated heterocycles. The monoisotopic (exact) mass is 229 g/mol. The van der Waals surface area contributed by atoms with E-state index >= 15 is 0 Å². The van der Waals surface area contributed by atoms with Crippen molar-refractivity contribution in [1.29, 1.82) is 5.26 Å². The van der Waals surface area contributed by atoms with E-state index in [9.17, 15) is 13.2 Å². The molecule has 1 aromatic carbocycles. The van der Waals surface area contributed by atoms with Crippen molar-refractivity contribution < 1.29 is 13.2 Å². The number of rotatable bonds is 2. The first-order valence-electron chi connectivity index (χ1n) is 4.46. The normalized spacial score (nSPS) is 13.2. The maximum atomic E-state index is 12.5. The van der Waals surface area contributed by atoms with Crippen LogP contribution in [0.2, 0.25) is 0 Å². The highest BCUT2D eigenvalue weighted by Crippen LogP contribution is 2.31. The van der Waals surface area contributed by atoms with Crippen molar-refractivity contribution in [2.24, 2.45) is 11.5 Å². The van der Waals surface area contributed by atoms with Gasteiger partial charge < -0.3 is 11.5 Å². The quantitative estimate of drug-likeness (QED) is 0.807. The van der Waals surface area contributed by atoms with Gasteiger partial charge in [0.05, 0.1) is 17.2 Å². The summed E-state index contributed by atoms with van der Waals surface area (Å²) in [6, 6.07) is 3.97. The number of nitriles is 1. The van der Waals surface area contributed by atoms with Crippen molar-refractivity contribution in [2.45, 2.75) is 12.2 Å². The molecule has 1 aromatic rings. The summed E-state index contributed by atoms with van der Waals surface area (Å²) in [5.41, 5.74) is 10.1. The van der Waals surface area contributed by atoms with E-state index in [-0.39, 0.29) is 17.7 Å². The van der Waals surface area contributed by atoms with Gasteiger partial charge in [0.15, 0.2) is 0 Å². The maximum Gasteiger partial charge on any atom is 0.416 e. The van der Waals surface area contributed by atoms with Crippen molar-refractivity contribution in [3.63, 3.8) is 0 Å². The van der Waals surface area contributed by atoms with Crippen LogP contribution in [0.25, 0.3) is 0 Å². The molecule has 86 valence electrons. The number of benzene rings is 1. The molecular formula is C10H10F3N3. The van der Waals surface area contributed by atoms with Crippen molar-refractivity contribution >= 4 is 0 Å². The zero-order chi connectivity index (χ0) is 12.3. The largest absolute Gasteiger partial charge is 0.416 e. The van der Waals surface area contributed by atoms with Crippen LogP contribution in [0.15, 0.2) is 18.2 Å². The van der Waals surface area contributed by atoms with E-state index in [0.717, 1.165) is 12.1 Å². The summed E-state index contributed by atoms with van der Waals surface area (Å²) in [5.74, 6) is 0. The fraction of sp³-hybridized carbons (Fsp3) is 0.300. The smallest absolute Gasteiger partial charge is 0.329 e. The van der Waals surface area contributed by atoms with Crippen LogP contribution in [0.5, 0.6) is 0 Å². The number of hydrogen-bond donors (Lipinski definition) is 2. The van der Waals surface area contributed by atoms with Crippen molar-refractivity contribution in [1.82, 2.24) is 0 Å². The van der Waals surface area contributed by atoms with E-state index in [1.165, 1.54) is 6.07 Å². The number of hydrogen-bond acceptors (Lipinski definition) is 3. The molecule has 0 spiro atoms. The Bertz CT molecular complexity index is 420. The lowest BCUT2D eigenvalue weighted by Crippen LogP contribution is -2.21. The third-order valence-electron chi connectivity index (χ3n) is 2.09. The van der Waals surface area contributed by atoms with Gasteiger partial charge in [-0.05, 0) is 23.8 Å². The molecule has 0 aliphatic heterocycles. The molecule has 0 heterocycles. The number of nitrogens with two attached hydrogens (primary N) is 2. The van der Waals surface area contributed by atoms with Gasteiger partial charge in [-0.25, -0.2) is 0 Å². The minimum absolute atomic E-state index is 0.0200. The lowest BCUT2D eigenvalue weighted by atomic mass is 10.0. The summed E-state index contributed by atoms with van der Waals surface area (Å²) in [6.07, 6.45) is -4.49. The summed E-state index contributed by atoms with van der Waals surface area (Å²) < 4.78 is 37.4. The topological polar surface area (TPSA) is 75.8 Å². The predicted octanol–water partition coefficient (Wildman–Crippen LogP) is 1.54. The first kappa shape index (κ1) is 12.5. The fourth-order valence-corrected chi connectivity index (χ4v) is 1.23. The summed E-state index contributed by atoms with van der Waals surface area (Å²) in [6.45, 7) is 0.0200. The van der Waals surface area contributed by atoms with Crippen molar-refractivity contribution in [3.05, 3.63) is 34.9 Å². The molecule has 0 radical (unpaired) electrons. The third kappa shape index (κ3) is 2.72. The van der Waals surface area contributed by atoms with E-state index in [4.69, 9.17) is 16.7 Å². The Labute approximate surface area is 90.5 Å². The van der Waals surface area contributed by atoms with Crippen LogP contribution in [0.4, 0.5) is 13.2 Å². The molecule has 1 atom stereocenters. The van der Waals surface area contributed by atoms with E-state index in [1.54, 1.807) is 6.07 Å². The number of alkyl halides is 3. The van der Waals surface area contributed by atoms with Gasteiger partial charge in [0.2, 0.25) is 0 Å². The first-order chi connectivity index (χ1) is 7.38. The van der Waals surface area contributed by atoms with Crippen LogP contribution >= 0.6 is 0 Å². The van der Waals surface area contributed by atoms with Gasteiger partial charge in [0, 0.05) is 12.6 Å². The SMILES string of the molecule is N#Cc1cc([C@H](N)CN)cc(C(F)(F)F)c1. The summed E-state index contributed by atoms with van der Waals surface area (Å²) in [7, 11) is 0. The molecule has 0 fully saturated rings. The Balaban J connectivity index is 3.28. The zero-order valence-electron chi connectivity index (χ0n) is 8.25. The first-order valence-corrected chi connectivity index (χ1v) is 4.46. The highest BCUT2D eigenvalue weighted by atomic mass is 19.4. The molecule has 0 bridgehead atoms. The number of halogens is 3. The Morgan fingerprint density at radius 2 is 1.94 bits per heavy atom. The molecule has 0 saturated carbocycles. The molecule has 0 unspecified atom stereocenters. The highest BCUT2D eigenvalue weighted by molar-refractivity contribution is 5.39. The molecular weight excluding hydrogens is 219 g/mol. The molecule has 0 aliphatic carbocycles. The van der Waals surface area contributed by atoms with Crippen LogP contribution in [0, 0.1) is 11.3 Å². The van der Waals surface area contributed by atoms with Gasteiger partial charge in [-0.3, -0.25) is 0 Å². The summed E-state index contributed by atoms with van der Waals surface area (Å²) in [4.78, 5) is 0. The van der Waals surface area contributed by atoms with Crippen LogP contribution in [-0.4, -0.2) is 6.54 Å². The van der Waals surface area contributed by atoms with Gasteiger partial charge in [-0.15, -0.1) is 0 Å². The van der Waals surface area contributed by atoms with Crippen LogP contribution < -0.4 is 11.5 Å². The Morgan fingerprint density at radius 3 is 2.38 bits per heavy atom. The molecule has 3 nitrogen and oxygen atoms in total. The molecule has 1 rings (SSSR count). The second kappa shape index (κ2) is 4.51. The van der Waals surface area contributed by atoms with Crippen LogP contribution in [0.1, 0.15) is 22.7 Å². The van der Waals surface area contributed by atoms with E-state index < -0.39 is 17.8 Å². The van der Waals surface area contributed by atoms with Gasteiger partial charge in [-0.1, -0.05) is 0 Å². The molecule has 0 aliphatic rings. The van der Waals surface area contributed by atoms with Crippen molar-refractivity contribution in [2.75, 3.05) is 6.54 Å². The van der Waals surface area contributed by atoms with E-state index in [0.29, 0.717) is 0 Å². The molecule has 4 N–H and O–H groups in total. The Kier molecular flexibility index (Phi) is 3.52. The lowest BCUT2D eigenvalue weighted by molar-refractivity contribution is -0.137. The van der Waals surface area contributed by atoms with Gasteiger partial charge in [0.1, 0.15) is 0 Å². The summed E-state index contributed by atoms with van der Waals surface area (Å²) >= 11 is 0. The van der Waals surface area contributed by atoms with Crippen molar-refractivity contribution in [3.8, 4) is 6.07 Å². The molecule has 0 amide bonds. The minimum atomic E-state index is -4.49. The lowest BCUT2D eigenvalue weighted by Gasteiger charge is -2.13. The second-order valence-electron chi connectivity index (χ2n) is 3.30. The zero-order valence-corrected chi connectivity index (χ0v) is 8.25. The molecule has 16 heavy (non-hydrogen) atoms. The van der Waals surface area contributed by atoms with Gasteiger partial charge in [0.25, 0.3) is 0 Å². The van der Waals surface area contributed by atoms with Gasteiger partial charge >= 0.3 is 6.18 Å². The predicted molar refractivity (Wildman–Crippen MR) is 52.1 cm³/mol. The molecule has 0 aromatic heterocycles. The van der Waals surface area contributed by atoms with E-state index in [1.807, 2.05) is 0 Å². The Hall–Kier alpha value is -1.58. The summed E-state index contributed by atoms with van der Waals surface area (Å²) in [5, 5.41) is 8.62. The van der Waals surface area contributed by atoms with Crippen LogP contribution in [0.3, 0.4) is 0 Å². The van der Waals surface area contributed by atoms with Crippen LogP contribution in [-0.2, 0) is 6.18 Å². The molecule has 6 heteroatoms. The Morgan fingerprint density at radius 1 is 1.31 bits per heavy atom. The maximum absolute atomic E-state index is 12.5. The standard InChI is InChI=1S/C10H10F3N3/c11-10(12,13)8-2-6(4-14)1-7(3-8)9(16)5-15/h1-3,9H,5,15-16H2/t9-/m1/s1. The second-order valence-corrected chi connectivity index (χ2v) is 3.30. The third-order valence-corrected chi connectivity index (χ3v) is 2.09.